The predicted octanol–water partition coefficient (Wildman–Crippen LogP) is 2.87. The van der Waals surface area contributed by atoms with E-state index in [2.05, 4.69) is 0 Å². The van der Waals surface area contributed by atoms with Crippen molar-refractivity contribution in [2.24, 2.45) is 5.41 Å². The number of ether oxygens (including phenoxy) is 1. The molecule has 1 heterocycles. The third-order valence-electron chi connectivity index (χ3n) is 3.75. The summed E-state index contributed by atoms with van der Waals surface area (Å²) in [5, 5.41) is 11.0. The van der Waals surface area contributed by atoms with Gasteiger partial charge < -0.3 is 4.74 Å². The monoisotopic (exact) mass is 292 g/mol. The van der Waals surface area contributed by atoms with Crippen molar-refractivity contribution < 1.29 is 14.5 Å². The lowest BCUT2D eigenvalue weighted by Crippen LogP contribution is -2.49. The molecule has 114 valence electrons. The van der Waals surface area contributed by atoms with Crippen molar-refractivity contribution in [3.05, 3.63) is 46.0 Å². The van der Waals surface area contributed by atoms with Crippen LogP contribution in [0.5, 0.6) is 0 Å². The Balaban J connectivity index is 2.36. The zero-order valence-corrected chi connectivity index (χ0v) is 12.5. The van der Waals surface area contributed by atoms with Gasteiger partial charge in [0.25, 0.3) is 0 Å². The highest BCUT2D eigenvalue weighted by atomic mass is 16.6. The molecular formula is C15H20N2O4. The average molecular weight is 292 g/mol. The number of carbonyl (C=O) groups is 1. The molecule has 0 saturated carbocycles. The van der Waals surface area contributed by atoms with E-state index in [0.29, 0.717) is 0 Å². The molecule has 0 N–H and O–H groups in total. The second kappa shape index (κ2) is 5.71. The van der Waals surface area contributed by atoms with Gasteiger partial charge in [-0.2, -0.15) is 0 Å². The van der Waals surface area contributed by atoms with Gasteiger partial charge in [-0.05, 0) is 11.0 Å². The van der Waals surface area contributed by atoms with E-state index in [4.69, 9.17) is 4.74 Å². The first-order chi connectivity index (χ1) is 9.80. The van der Waals surface area contributed by atoms with Crippen molar-refractivity contribution in [2.75, 3.05) is 13.2 Å². The number of hydrogen-bond acceptors (Lipinski definition) is 4. The van der Waals surface area contributed by atoms with Crippen LogP contribution in [0.2, 0.25) is 0 Å². The fourth-order valence-corrected chi connectivity index (χ4v) is 2.63. The molecule has 1 aliphatic rings. The van der Waals surface area contributed by atoms with Crippen LogP contribution < -0.4 is 0 Å². The van der Waals surface area contributed by atoms with Crippen molar-refractivity contribution >= 4 is 6.09 Å². The summed E-state index contributed by atoms with van der Waals surface area (Å²) in [6.45, 7) is 5.63. The number of hydrogen-bond donors (Lipinski definition) is 0. The number of amides is 1. The van der Waals surface area contributed by atoms with Crippen molar-refractivity contribution in [1.82, 2.24) is 4.90 Å². The van der Waals surface area contributed by atoms with Gasteiger partial charge in [-0.3, -0.25) is 15.0 Å². The maximum absolute atomic E-state index is 12.1. The molecule has 0 unspecified atom stereocenters. The van der Waals surface area contributed by atoms with E-state index in [0.717, 1.165) is 5.56 Å². The van der Waals surface area contributed by atoms with Crippen molar-refractivity contribution in [1.29, 1.82) is 0 Å². The van der Waals surface area contributed by atoms with Crippen LogP contribution in [0, 0.1) is 15.5 Å². The summed E-state index contributed by atoms with van der Waals surface area (Å²) in [7, 11) is 0. The maximum Gasteiger partial charge on any atom is 0.410 e. The first kappa shape index (κ1) is 15.3. The molecule has 1 aromatic rings. The number of nitro groups is 1. The summed E-state index contributed by atoms with van der Waals surface area (Å²) >= 11 is 0. The van der Waals surface area contributed by atoms with Crippen LogP contribution in [-0.4, -0.2) is 35.1 Å². The van der Waals surface area contributed by atoms with Gasteiger partial charge in [0.05, 0.1) is 6.04 Å². The van der Waals surface area contributed by atoms with Crippen molar-refractivity contribution in [3.63, 3.8) is 0 Å². The standard InChI is InChI=1S/C15H20N2O4/c1-15(2,3)13(9-16(19)20)17-12(10-21-14(17)18)11-7-5-4-6-8-11/h4-8,12-13H,9-10H2,1-3H3/t12-,13+/m0/s1. The first-order valence-electron chi connectivity index (χ1n) is 6.92. The Kier molecular flexibility index (Phi) is 4.16. The predicted molar refractivity (Wildman–Crippen MR) is 77.5 cm³/mol. The van der Waals surface area contributed by atoms with Gasteiger partial charge in [-0.15, -0.1) is 0 Å². The van der Waals surface area contributed by atoms with E-state index in [9.17, 15) is 14.9 Å². The lowest BCUT2D eigenvalue weighted by Gasteiger charge is -2.36. The maximum atomic E-state index is 12.1. The molecule has 2 atom stereocenters. The largest absolute Gasteiger partial charge is 0.447 e. The van der Waals surface area contributed by atoms with Crippen LogP contribution in [0.15, 0.2) is 30.3 Å². The normalized spacial score (nSPS) is 20.2. The zero-order valence-electron chi connectivity index (χ0n) is 12.5. The van der Waals surface area contributed by atoms with Crippen molar-refractivity contribution in [3.8, 4) is 0 Å². The van der Waals surface area contributed by atoms with Gasteiger partial charge in [0.2, 0.25) is 6.54 Å². The van der Waals surface area contributed by atoms with Crippen LogP contribution in [0.1, 0.15) is 32.4 Å². The second-order valence-corrected chi connectivity index (χ2v) is 6.31. The minimum Gasteiger partial charge on any atom is -0.447 e. The molecule has 6 nitrogen and oxygen atoms in total. The molecule has 1 aliphatic heterocycles. The number of carbonyl (C=O) groups excluding carboxylic acids is 1. The average Bonchev–Trinajstić information content (AvgIpc) is 2.77. The van der Waals surface area contributed by atoms with Gasteiger partial charge >= 0.3 is 6.09 Å². The third-order valence-corrected chi connectivity index (χ3v) is 3.75. The smallest absolute Gasteiger partial charge is 0.410 e. The van der Waals surface area contributed by atoms with Gasteiger partial charge in [0.1, 0.15) is 12.6 Å². The highest BCUT2D eigenvalue weighted by molar-refractivity contribution is 5.71. The minimum atomic E-state index is -0.521. The van der Waals surface area contributed by atoms with E-state index in [1.54, 1.807) is 0 Å². The summed E-state index contributed by atoms with van der Waals surface area (Å²) in [5.41, 5.74) is 0.518. The Morgan fingerprint density at radius 1 is 1.38 bits per heavy atom. The van der Waals surface area contributed by atoms with Gasteiger partial charge in [0, 0.05) is 4.92 Å². The van der Waals surface area contributed by atoms with E-state index in [1.165, 1.54) is 4.90 Å². The van der Waals surface area contributed by atoms with Gasteiger partial charge in [-0.25, -0.2) is 4.79 Å². The third kappa shape index (κ3) is 3.32. The summed E-state index contributed by atoms with van der Waals surface area (Å²) in [4.78, 5) is 24.3. The molecule has 0 radical (unpaired) electrons. The zero-order chi connectivity index (χ0) is 15.6. The number of benzene rings is 1. The van der Waals surface area contributed by atoms with E-state index < -0.39 is 17.6 Å². The molecular weight excluding hydrogens is 272 g/mol. The molecule has 21 heavy (non-hydrogen) atoms. The van der Waals surface area contributed by atoms with Crippen LogP contribution >= 0.6 is 0 Å². The summed E-state index contributed by atoms with van der Waals surface area (Å²) in [6, 6.07) is 8.68. The van der Waals surface area contributed by atoms with E-state index in [-0.39, 0.29) is 24.1 Å². The van der Waals surface area contributed by atoms with Crippen LogP contribution in [0.25, 0.3) is 0 Å². The van der Waals surface area contributed by atoms with Crippen LogP contribution in [0.4, 0.5) is 4.79 Å². The Labute approximate surface area is 123 Å². The van der Waals surface area contributed by atoms with E-state index in [1.807, 2.05) is 51.1 Å². The summed E-state index contributed by atoms with van der Waals surface area (Å²) < 4.78 is 5.15. The minimum absolute atomic E-state index is 0.229. The first-order valence-corrected chi connectivity index (χ1v) is 6.92. The quantitative estimate of drug-likeness (QED) is 0.632. The Bertz CT molecular complexity index is 524. The van der Waals surface area contributed by atoms with Crippen LogP contribution in [0.3, 0.4) is 0 Å². The lowest BCUT2D eigenvalue weighted by molar-refractivity contribution is -0.489. The van der Waals surface area contributed by atoms with Crippen molar-refractivity contribution in [2.45, 2.75) is 32.9 Å². The van der Waals surface area contributed by atoms with Gasteiger partial charge in [-0.1, -0.05) is 51.1 Å². The lowest BCUT2D eigenvalue weighted by atomic mass is 9.84. The molecule has 0 aliphatic carbocycles. The summed E-state index contributed by atoms with van der Waals surface area (Å²) in [6.07, 6.45) is -0.481. The molecule has 1 amide bonds. The van der Waals surface area contributed by atoms with E-state index >= 15 is 0 Å². The molecule has 1 fully saturated rings. The summed E-state index contributed by atoms with van der Waals surface area (Å²) in [5.74, 6) is 0. The molecule has 1 aromatic carbocycles. The molecule has 2 rings (SSSR count). The fraction of sp³-hybridized carbons (Fsp3) is 0.533. The van der Waals surface area contributed by atoms with Gasteiger partial charge in [0.15, 0.2) is 0 Å². The Hall–Kier alpha value is -2.11. The molecule has 0 bridgehead atoms. The second-order valence-electron chi connectivity index (χ2n) is 6.31. The molecule has 1 saturated heterocycles. The fourth-order valence-electron chi connectivity index (χ4n) is 2.63. The molecule has 0 aromatic heterocycles. The molecule has 6 heteroatoms. The number of nitrogens with zero attached hydrogens (tertiary/aromatic N) is 2. The molecule has 0 spiro atoms. The van der Waals surface area contributed by atoms with Crippen LogP contribution in [-0.2, 0) is 4.74 Å². The topological polar surface area (TPSA) is 72.7 Å². The highest BCUT2D eigenvalue weighted by Gasteiger charge is 2.45. The number of cyclic esters (lactones) is 1. The number of rotatable bonds is 4. The Morgan fingerprint density at radius 3 is 2.52 bits per heavy atom. The highest BCUT2D eigenvalue weighted by Crippen LogP contribution is 2.36. The Morgan fingerprint density at radius 2 is 2.00 bits per heavy atom. The SMILES string of the molecule is CC(C)(C)[C@@H](C[N+](=O)[O-])N1C(=O)OC[C@H]1c1ccccc1.